The lowest BCUT2D eigenvalue weighted by molar-refractivity contribution is 0.00573. The minimum Gasteiger partial charge on any atom is -0.490 e. The highest BCUT2D eigenvalue weighted by atomic mass is 32.2. The van der Waals surface area contributed by atoms with Gasteiger partial charge in [-0.2, -0.15) is 4.31 Å². The molecule has 3 N–H and O–H groups in total. The molecule has 0 aromatic heterocycles. The molecule has 3 aromatic rings. The molecule has 0 radical (unpaired) electrons. The maximum absolute atomic E-state index is 14.3. The predicted octanol–water partition coefficient (Wildman–Crippen LogP) is 5.36. The average molecular weight is 683 g/mol. The number of carbonyl (C=O) groups is 2. The van der Waals surface area contributed by atoms with Crippen molar-refractivity contribution in [2.45, 2.75) is 50.3 Å². The number of carbonyl (C=O) groups excluding carboxylic acids is 2. The second-order valence-corrected chi connectivity index (χ2v) is 13.9. The molecule has 13 heteroatoms. The number of rotatable bonds is 8. The number of benzene rings is 3. The molecule has 258 valence electrons. The molecule has 0 fully saturated rings. The van der Waals surface area contributed by atoms with E-state index in [1.165, 1.54) is 30.1 Å². The first kappa shape index (κ1) is 36.5. The summed E-state index contributed by atoms with van der Waals surface area (Å²) in [4.78, 5) is 28.5. The van der Waals surface area contributed by atoms with Gasteiger partial charge >= 0.3 is 6.03 Å². The predicted molar refractivity (Wildman–Crippen MR) is 182 cm³/mol. The molecule has 0 saturated carbocycles. The van der Waals surface area contributed by atoms with Crippen LogP contribution in [0.5, 0.6) is 5.75 Å². The number of nitrogens with one attached hydrogen (secondary N) is 2. The van der Waals surface area contributed by atoms with Crippen molar-refractivity contribution < 1.29 is 37.0 Å². The number of hydrogen-bond acceptors (Lipinski definition) is 7. The highest BCUT2D eigenvalue weighted by Gasteiger charge is 2.32. The normalized spacial score (nSPS) is 20.6. The summed E-state index contributed by atoms with van der Waals surface area (Å²) in [7, 11) is -2.55. The fourth-order valence-electron chi connectivity index (χ4n) is 5.17. The van der Waals surface area contributed by atoms with E-state index in [0.29, 0.717) is 23.5 Å². The molecule has 0 spiro atoms. The van der Waals surface area contributed by atoms with Crippen LogP contribution >= 0.6 is 0 Å². The van der Waals surface area contributed by atoms with Gasteiger partial charge in [-0.05, 0) is 68.4 Å². The summed E-state index contributed by atoms with van der Waals surface area (Å²) in [5, 5.41) is 15.7. The number of amides is 3. The van der Waals surface area contributed by atoms with E-state index in [4.69, 9.17) is 9.47 Å². The van der Waals surface area contributed by atoms with Crippen molar-refractivity contribution in [3.63, 3.8) is 0 Å². The standard InChI is InChI=1S/C35H43FN4O7S/c1-24-21-40(25(2)23-41)34(42)31-20-29(38-35(43)37-28-11-6-5-7-12-28)15-18-32(31)47-26(3)10-8-9-19-46-33(24)22-39(4)48(44,45)30-16-13-27(36)14-17-30/h5-9,11-18,20,24-26,33,41H,10,19,21-23H2,1-4H3,(H2,37,38,43)/b9-8-/t24-,25+,26+,33+/m1/s1. The first-order valence-electron chi connectivity index (χ1n) is 15.7. The van der Waals surface area contributed by atoms with E-state index in [-0.39, 0.29) is 42.9 Å². The molecule has 48 heavy (non-hydrogen) atoms. The van der Waals surface area contributed by atoms with Crippen molar-refractivity contribution in [1.82, 2.24) is 9.21 Å². The van der Waals surface area contributed by atoms with Crippen LogP contribution in [0.15, 0.2) is 89.8 Å². The summed E-state index contributed by atoms with van der Waals surface area (Å²) in [6.45, 7) is 5.30. The smallest absolute Gasteiger partial charge is 0.323 e. The number of likely N-dealkylation sites (N-methyl/N-ethyl adjacent to an activating group) is 1. The molecule has 4 atom stereocenters. The highest BCUT2D eigenvalue weighted by Crippen LogP contribution is 2.28. The Labute approximate surface area is 281 Å². The Morgan fingerprint density at radius 1 is 1.04 bits per heavy atom. The highest BCUT2D eigenvalue weighted by molar-refractivity contribution is 7.89. The maximum atomic E-state index is 14.3. The maximum Gasteiger partial charge on any atom is 0.323 e. The zero-order valence-corrected chi connectivity index (χ0v) is 28.3. The number of fused-ring (bicyclic) bond motifs is 1. The number of nitrogens with zero attached hydrogens (tertiary/aromatic N) is 2. The van der Waals surface area contributed by atoms with Gasteiger partial charge in [-0.25, -0.2) is 17.6 Å². The summed E-state index contributed by atoms with van der Waals surface area (Å²) in [5.41, 5.74) is 1.13. The third-order valence-corrected chi connectivity index (χ3v) is 9.84. The fraction of sp³-hybridized carbons (Fsp3) is 0.371. The molecule has 0 unspecified atom stereocenters. The molecule has 3 aromatic carbocycles. The lowest BCUT2D eigenvalue weighted by Gasteiger charge is -2.35. The van der Waals surface area contributed by atoms with Gasteiger partial charge in [0, 0.05) is 43.9 Å². The molecule has 3 amide bonds. The number of ether oxygens (including phenoxy) is 2. The first-order valence-corrected chi connectivity index (χ1v) is 17.2. The van der Waals surface area contributed by atoms with Crippen LogP contribution < -0.4 is 15.4 Å². The minimum absolute atomic E-state index is 0.0506. The van der Waals surface area contributed by atoms with E-state index in [1.807, 2.05) is 32.1 Å². The second kappa shape index (κ2) is 16.7. The second-order valence-electron chi connectivity index (χ2n) is 11.9. The monoisotopic (exact) mass is 682 g/mol. The number of sulfonamides is 1. The van der Waals surface area contributed by atoms with Gasteiger partial charge < -0.3 is 30.1 Å². The van der Waals surface area contributed by atoms with Gasteiger partial charge in [0.15, 0.2) is 0 Å². The third kappa shape index (κ3) is 9.63. The summed E-state index contributed by atoms with van der Waals surface area (Å²) in [5.74, 6) is -1.09. The number of urea groups is 1. The van der Waals surface area contributed by atoms with Gasteiger partial charge in [-0.15, -0.1) is 0 Å². The van der Waals surface area contributed by atoms with E-state index in [2.05, 4.69) is 10.6 Å². The number of halogens is 1. The summed E-state index contributed by atoms with van der Waals surface area (Å²) < 4.78 is 53.7. The van der Waals surface area contributed by atoms with Crippen LogP contribution in [0.1, 0.15) is 37.6 Å². The largest absolute Gasteiger partial charge is 0.490 e. The molecule has 1 aliphatic heterocycles. The number of hydrogen-bond donors (Lipinski definition) is 3. The Kier molecular flexibility index (Phi) is 12.7. The zero-order chi connectivity index (χ0) is 34.8. The molecule has 4 rings (SSSR count). The van der Waals surface area contributed by atoms with Crippen molar-refractivity contribution in [2.24, 2.45) is 5.92 Å². The molecule has 11 nitrogen and oxygen atoms in total. The molecule has 1 heterocycles. The number of aliphatic hydroxyl groups is 1. The van der Waals surface area contributed by atoms with Gasteiger partial charge in [0.05, 0.1) is 41.9 Å². The Morgan fingerprint density at radius 3 is 2.42 bits per heavy atom. The van der Waals surface area contributed by atoms with Crippen molar-refractivity contribution in [3.05, 3.63) is 96.3 Å². The SMILES string of the molecule is C[C@@H]1CN([C@@H](C)CO)C(=O)c2cc(NC(=O)Nc3ccccc3)ccc2O[C@@H](C)C/C=C\CO[C@H]1CN(C)S(=O)(=O)c1ccc(F)cc1. The van der Waals surface area contributed by atoms with Crippen LogP contribution in [-0.2, 0) is 14.8 Å². The lowest BCUT2D eigenvalue weighted by Crippen LogP contribution is -2.48. The molecular weight excluding hydrogens is 639 g/mol. The summed E-state index contributed by atoms with van der Waals surface area (Å²) in [6.07, 6.45) is 3.22. The van der Waals surface area contributed by atoms with Crippen molar-refractivity contribution >= 4 is 33.3 Å². The van der Waals surface area contributed by atoms with Gasteiger partial charge in [0.25, 0.3) is 5.91 Å². The van der Waals surface area contributed by atoms with E-state index in [9.17, 15) is 27.5 Å². The van der Waals surface area contributed by atoms with Crippen molar-refractivity contribution in [2.75, 3.05) is 44.0 Å². The molecule has 0 saturated heterocycles. The Hall–Kier alpha value is -4.30. The van der Waals surface area contributed by atoms with Crippen LogP contribution in [0, 0.1) is 11.7 Å². The lowest BCUT2D eigenvalue weighted by atomic mass is 10.0. The van der Waals surface area contributed by atoms with Crippen LogP contribution in [0.4, 0.5) is 20.6 Å². The number of anilines is 2. The van der Waals surface area contributed by atoms with E-state index in [0.717, 1.165) is 16.4 Å². The molecular formula is C35H43FN4O7S. The van der Waals surface area contributed by atoms with Crippen molar-refractivity contribution in [1.29, 1.82) is 0 Å². The summed E-state index contributed by atoms with van der Waals surface area (Å²) in [6, 6.07) is 17.2. The van der Waals surface area contributed by atoms with Crippen LogP contribution in [-0.4, -0.2) is 86.3 Å². The van der Waals surface area contributed by atoms with Crippen LogP contribution in [0.3, 0.4) is 0 Å². The quantitative estimate of drug-likeness (QED) is 0.272. The van der Waals surface area contributed by atoms with E-state index in [1.54, 1.807) is 43.3 Å². The first-order chi connectivity index (χ1) is 22.9. The van der Waals surface area contributed by atoms with Crippen LogP contribution in [0.25, 0.3) is 0 Å². The van der Waals surface area contributed by atoms with Gasteiger partial charge in [0.2, 0.25) is 10.0 Å². The molecule has 0 bridgehead atoms. The van der Waals surface area contributed by atoms with Crippen molar-refractivity contribution in [3.8, 4) is 5.75 Å². The molecule has 1 aliphatic rings. The zero-order valence-electron chi connectivity index (χ0n) is 27.5. The Bertz CT molecular complexity index is 1670. The fourth-order valence-corrected chi connectivity index (χ4v) is 6.35. The topological polar surface area (TPSA) is 138 Å². The van der Waals surface area contributed by atoms with E-state index >= 15 is 0 Å². The summed E-state index contributed by atoms with van der Waals surface area (Å²) >= 11 is 0. The number of aliphatic hydroxyl groups excluding tert-OH is 1. The minimum atomic E-state index is -3.97. The number of para-hydroxylation sites is 1. The average Bonchev–Trinajstić information content (AvgIpc) is 3.06. The van der Waals surface area contributed by atoms with Gasteiger partial charge in [-0.1, -0.05) is 37.3 Å². The Balaban J connectivity index is 1.64. The molecule has 0 aliphatic carbocycles. The van der Waals surface area contributed by atoms with E-state index < -0.39 is 45.8 Å². The Morgan fingerprint density at radius 2 is 1.73 bits per heavy atom. The van der Waals surface area contributed by atoms with Crippen LogP contribution in [0.2, 0.25) is 0 Å². The third-order valence-electron chi connectivity index (χ3n) is 8.00. The van der Waals surface area contributed by atoms with Gasteiger partial charge in [0.1, 0.15) is 11.6 Å². The van der Waals surface area contributed by atoms with Gasteiger partial charge in [-0.3, -0.25) is 4.79 Å².